The van der Waals surface area contributed by atoms with Gasteiger partial charge in [0.25, 0.3) is 5.91 Å². The fourth-order valence-electron chi connectivity index (χ4n) is 5.59. The highest BCUT2D eigenvalue weighted by Gasteiger charge is 2.58. The number of hydrogen-bond acceptors (Lipinski definition) is 3. The smallest absolute Gasteiger partial charge is 0.252 e. The molecule has 1 N–H and O–H groups in total. The number of amidine groups is 1. The Bertz CT molecular complexity index is 585. The van der Waals surface area contributed by atoms with E-state index in [-0.39, 0.29) is 53.5 Å². The molecule has 3 fully saturated rings. The maximum absolute atomic E-state index is 13.2. The van der Waals surface area contributed by atoms with Crippen LogP contribution in [0, 0.1) is 35.5 Å². The van der Waals surface area contributed by atoms with E-state index in [1.165, 1.54) is 0 Å². The molecule has 0 bridgehead atoms. The number of fused-ring (bicyclic) bond motifs is 5. The van der Waals surface area contributed by atoms with Crippen LogP contribution in [0.25, 0.3) is 0 Å². The third-order valence-corrected chi connectivity index (χ3v) is 7.13. The summed E-state index contributed by atoms with van der Waals surface area (Å²) >= 11 is 0. The van der Waals surface area contributed by atoms with Gasteiger partial charge >= 0.3 is 0 Å². The van der Waals surface area contributed by atoms with Gasteiger partial charge in [0.05, 0.1) is 17.9 Å². The summed E-state index contributed by atoms with van der Waals surface area (Å²) < 4.78 is 0. The second-order valence-corrected chi connectivity index (χ2v) is 8.10. The summed E-state index contributed by atoms with van der Waals surface area (Å²) in [7, 11) is 0. The van der Waals surface area contributed by atoms with E-state index in [1.54, 1.807) is 0 Å². The van der Waals surface area contributed by atoms with Crippen molar-refractivity contribution in [3.8, 4) is 0 Å². The summed E-state index contributed by atoms with van der Waals surface area (Å²) in [6.45, 7) is 5.91. The van der Waals surface area contributed by atoms with E-state index in [2.05, 4.69) is 11.9 Å². The van der Waals surface area contributed by atoms with Gasteiger partial charge in [-0.25, -0.2) is 0 Å². The molecule has 0 spiro atoms. The van der Waals surface area contributed by atoms with Gasteiger partial charge in [-0.3, -0.25) is 14.5 Å². The van der Waals surface area contributed by atoms with Crippen LogP contribution < -0.4 is 0 Å². The lowest BCUT2D eigenvalue weighted by Gasteiger charge is -2.46. The first kappa shape index (κ1) is 15.3. The van der Waals surface area contributed by atoms with Crippen LogP contribution in [0.1, 0.15) is 46.5 Å². The number of carbonyl (C=O) groups excluding carboxylic acids is 2. The van der Waals surface area contributed by atoms with Crippen LogP contribution in [0.2, 0.25) is 0 Å². The quantitative estimate of drug-likeness (QED) is 0.741. The number of nitrogens with zero attached hydrogens (tertiary/aromatic N) is 2. The summed E-state index contributed by atoms with van der Waals surface area (Å²) in [5.74, 6) is 1.46. The molecule has 4 rings (SSSR count). The molecule has 5 nitrogen and oxygen atoms in total. The first-order valence-corrected chi connectivity index (χ1v) is 9.05. The second-order valence-electron chi connectivity index (χ2n) is 8.10. The molecule has 1 saturated heterocycles. The average Bonchev–Trinajstić information content (AvgIpc) is 2.81. The minimum absolute atomic E-state index is 0.0791. The van der Waals surface area contributed by atoms with E-state index in [0.29, 0.717) is 5.92 Å². The minimum Gasteiger partial charge on any atom is -0.393 e. The van der Waals surface area contributed by atoms with Crippen molar-refractivity contribution < 1.29 is 14.7 Å². The van der Waals surface area contributed by atoms with Crippen LogP contribution in [0.5, 0.6) is 0 Å². The zero-order chi connectivity index (χ0) is 16.5. The molecular weight excluding hydrogens is 292 g/mol. The molecule has 0 aromatic carbocycles. The van der Waals surface area contributed by atoms with Crippen molar-refractivity contribution in [2.24, 2.45) is 40.5 Å². The molecular formula is C18H26N2O3. The number of amides is 2. The molecule has 4 aliphatic rings. The van der Waals surface area contributed by atoms with E-state index >= 15 is 0 Å². The maximum Gasteiger partial charge on any atom is 0.252 e. The second kappa shape index (κ2) is 5.13. The number of rotatable bonds is 0. The minimum atomic E-state index is -0.305. The summed E-state index contributed by atoms with van der Waals surface area (Å²) in [5, 5.41) is 10.3. The highest BCUT2D eigenvalue weighted by Crippen LogP contribution is 2.53. The van der Waals surface area contributed by atoms with Gasteiger partial charge in [-0.2, -0.15) is 4.99 Å². The van der Waals surface area contributed by atoms with Crippen molar-refractivity contribution >= 4 is 17.6 Å². The van der Waals surface area contributed by atoms with Crippen LogP contribution >= 0.6 is 0 Å². The van der Waals surface area contributed by atoms with Gasteiger partial charge in [0.1, 0.15) is 5.84 Å². The fourth-order valence-corrected chi connectivity index (χ4v) is 5.59. The van der Waals surface area contributed by atoms with Gasteiger partial charge in [-0.1, -0.05) is 13.8 Å². The number of aliphatic hydroxyl groups is 1. The standard InChI is InChI=1S/C18H26N2O3/c1-8-10(3)20-16(19-17(8)22)12-6-4-11-5-7-13(21)9(2)14(11)15(12)18(20)23/h8-15,21H,4-7H2,1-3H3/t8-,9?,10?,11?,12?,13?,14?,15?/m0/s1. The zero-order valence-electron chi connectivity index (χ0n) is 14.1. The van der Waals surface area contributed by atoms with E-state index < -0.39 is 0 Å². The number of hydrogen-bond donors (Lipinski definition) is 1. The molecule has 126 valence electrons. The lowest BCUT2D eigenvalue weighted by Crippen LogP contribution is -2.49. The summed E-state index contributed by atoms with van der Waals surface area (Å²) in [5.41, 5.74) is 0. The molecule has 2 amide bonds. The predicted octanol–water partition coefficient (Wildman–Crippen LogP) is 1.84. The van der Waals surface area contributed by atoms with Crippen molar-refractivity contribution in [1.29, 1.82) is 0 Å². The average molecular weight is 318 g/mol. The Labute approximate surface area is 137 Å². The summed E-state index contributed by atoms with van der Waals surface area (Å²) in [4.78, 5) is 31.5. The molecule has 0 radical (unpaired) electrons. The van der Waals surface area contributed by atoms with Gasteiger partial charge in [-0.15, -0.1) is 0 Å². The largest absolute Gasteiger partial charge is 0.393 e. The number of aliphatic hydroxyl groups excluding tert-OH is 1. The topological polar surface area (TPSA) is 70.0 Å². The predicted molar refractivity (Wildman–Crippen MR) is 85.5 cm³/mol. The number of carbonyl (C=O) groups is 2. The van der Waals surface area contributed by atoms with Gasteiger partial charge < -0.3 is 5.11 Å². The number of aliphatic imine (C=N–C) groups is 1. The highest BCUT2D eigenvalue weighted by molar-refractivity contribution is 6.13. The normalized spacial score (nSPS) is 49.4. The Balaban J connectivity index is 1.74. The van der Waals surface area contributed by atoms with Crippen molar-refractivity contribution in [2.45, 2.75) is 58.6 Å². The molecule has 2 heterocycles. The van der Waals surface area contributed by atoms with E-state index in [9.17, 15) is 14.7 Å². The third-order valence-electron chi connectivity index (χ3n) is 7.13. The molecule has 5 heteroatoms. The molecule has 0 aromatic heterocycles. The van der Waals surface area contributed by atoms with E-state index in [0.717, 1.165) is 31.5 Å². The lowest BCUT2D eigenvalue weighted by atomic mass is 9.58. The summed E-state index contributed by atoms with van der Waals surface area (Å²) in [6.07, 6.45) is 3.60. The molecule has 7 unspecified atom stereocenters. The first-order valence-electron chi connectivity index (χ1n) is 9.05. The van der Waals surface area contributed by atoms with Gasteiger partial charge in [0.15, 0.2) is 0 Å². The summed E-state index contributed by atoms with van der Waals surface area (Å²) in [6, 6.07) is -0.102. The first-order chi connectivity index (χ1) is 10.9. The Morgan fingerprint density at radius 3 is 2.52 bits per heavy atom. The highest BCUT2D eigenvalue weighted by atomic mass is 16.3. The van der Waals surface area contributed by atoms with Crippen LogP contribution in [0.4, 0.5) is 0 Å². The van der Waals surface area contributed by atoms with Crippen molar-refractivity contribution in [3.05, 3.63) is 0 Å². The Hall–Kier alpha value is -1.23. The fraction of sp³-hybridized carbons (Fsp3) is 0.833. The Morgan fingerprint density at radius 1 is 1.09 bits per heavy atom. The van der Waals surface area contributed by atoms with Crippen LogP contribution in [-0.4, -0.2) is 39.8 Å². The molecule has 2 aliphatic heterocycles. The van der Waals surface area contributed by atoms with Gasteiger partial charge in [-0.05, 0) is 50.4 Å². The Morgan fingerprint density at radius 2 is 1.78 bits per heavy atom. The van der Waals surface area contributed by atoms with Crippen molar-refractivity contribution in [2.75, 3.05) is 0 Å². The van der Waals surface area contributed by atoms with Crippen LogP contribution in [-0.2, 0) is 9.59 Å². The Kier molecular flexibility index (Phi) is 3.42. The SMILES string of the molecule is CC1C(O)CCC2CCC3C4=NC(=O)[C@@H](C)C(C)N4C(=O)C3C21. The molecule has 2 aliphatic carbocycles. The monoisotopic (exact) mass is 318 g/mol. The van der Waals surface area contributed by atoms with Gasteiger partial charge in [0, 0.05) is 12.0 Å². The molecule has 0 aromatic rings. The van der Waals surface area contributed by atoms with Gasteiger partial charge in [0.2, 0.25) is 5.91 Å². The van der Waals surface area contributed by atoms with Crippen LogP contribution in [0.15, 0.2) is 4.99 Å². The maximum atomic E-state index is 13.2. The van der Waals surface area contributed by atoms with E-state index in [1.807, 2.05) is 18.7 Å². The van der Waals surface area contributed by atoms with Crippen LogP contribution in [0.3, 0.4) is 0 Å². The lowest BCUT2D eigenvalue weighted by molar-refractivity contribution is -0.140. The zero-order valence-corrected chi connectivity index (χ0v) is 14.1. The molecule has 23 heavy (non-hydrogen) atoms. The van der Waals surface area contributed by atoms with E-state index in [4.69, 9.17) is 0 Å². The third kappa shape index (κ3) is 1.98. The van der Waals surface area contributed by atoms with Crippen molar-refractivity contribution in [3.63, 3.8) is 0 Å². The molecule has 2 saturated carbocycles. The van der Waals surface area contributed by atoms with Crippen molar-refractivity contribution in [1.82, 2.24) is 4.90 Å². The molecule has 8 atom stereocenters.